The molecule has 1 heterocycles. The quantitative estimate of drug-likeness (QED) is 0.668. The van der Waals surface area contributed by atoms with Gasteiger partial charge in [-0.15, -0.1) is 0 Å². The summed E-state index contributed by atoms with van der Waals surface area (Å²) in [5.41, 5.74) is 1.69. The molecule has 2 aromatic carbocycles. The number of rotatable bonds is 5. The third-order valence-corrected chi connectivity index (χ3v) is 6.66. The van der Waals surface area contributed by atoms with Gasteiger partial charge in [-0.3, -0.25) is 0 Å². The van der Waals surface area contributed by atoms with Crippen LogP contribution in [0.4, 0.5) is 0 Å². The van der Waals surface area contributed by atoms with Gasteiger partial charge in [0.05, 0.1) is 16.4 Å². The van der Waals surface area contributed by atoms with E-state index in [4.69, 9.17) is 9.47 Å². The van der Waals surface area contributed by atoms with Crippen LogP contribution in [0.2, 0.25) is 0 Å². The van der Waals surface area contributed by atoms with Gasteiger partial charge in [0.15, 0.2) is 0 Å². The highest BCUT2D eigenvalue weighted by atomic mass is 32.2. The predicted molar refractivity (Wildman–Crippen MR) is 111 cm³/mol. The van der Waals surface area contributed by atoms with Crippen LogP contribution in [0.3, 0.4) is 0 Å². The molecule has 152 valence electrons. The molecule has 4 nitrogen and oxygen atoms in total. The van der Waals surface area contributed by atoms with Gasteiger partial charge in [-0.25, -0.2) is 8.42 Å². The number of sulfone groups is 1. The molecular formula is C23H30O4S. The first-order valence-electron chi connectivity index (χ1n) is 9.63. The highest BCUT2D eigenvalue weighted by Gasteiger charge is 2.28. The summed E-state index contributed by atoms with van der Waals surface area (Å²) in [6, 6.07) is 12.4. The van der Waals surface area contributed by atoms with E-state index in [2.05, 4.69) is 41.5 Å². The lowest BCUT2D eigenvalue weighted by molar-refractivity contribution is 0.257. The molecule has 0 saturated carbocycles. The van der Waals surface area contributed by atoms with Crippen molar-refractivity contribution in [2.75, 3.05) is 13.2 Å². The second kappa shape index (κ2) is 7.20. The molecule has 0 bridgehead atoms. The molecule has 1 fully saturated rings. The third-order valence-electron chi connectivity index (χ3n) is 4.91. The number of hydrogen-bond acceptors (Lipinski definition) is 4. The van der Waals surface area contributed by atoms with Crippen LogP contribution in [0, 0.1) is 0 Å². The zero-order chi connectivity index (χ0) is 20.7. The summed E-state index contributed by atoms with van der Waals surface area (Å²) in [6.45, 7) is 13.6. The van der Waals surface area contributed by atoms with E-state index in [9.17, 15) is 8.42 Å². The molecule has 0 radical (unpaired) electrons. The molecule has 0 aromatic heterocycles. The number of benzene rings is 2. The molecule has 1 aliphatic heterocycles. The van der Waals surface area contributed by atoms with Crippen molar-refractivity contribution < 1.29 is 17.9 Å². The normalized spacial score (nSPS) is 17.4. The Hall–Kier alpha value is -1.85. The van der Waals surface area contributed by atoms with E-state index < -0.39 is 9.84 Å². The van der Waals surface area contributed by atoms with Crippen LogP contribution in [0.5, 0.6) is 5.75 Å². The van der Waals surface area contributed by atoms with E-state index in [1.165, 1.54) is 0 Å². The smallest absolute Gasteiger partial charge is 0.206 e. The standard InChI is InChI=1S/C23H30O4S/c1-22(2,3)16-8-7-9-18(12-16)28(24,25)19-10-11-20(23(4,5)6)21(13-19)27-15-17-14-26-17/h7-13,17H,14-15H2,1-6H3. The lowest BCUT2D eigenvalue weighted by atomic mass is 9.86. The van der Waals surface area contributed by atoms with Crippen molar-refractivity contribution in [3.8, 4) is 5.75 Å². The van der Waals surface area contributed by atoms with E-state index in [-0.39, 0.29) is 21.8 Å². The summed E-state index contributed by atoms with van der Waals surface area (Å²) in [7, 11) is -3.64. The molecule has 3 rings (SSSR count). The summed E-state index contributed by atoms with van der Waals surface area (Å²) in [5, 5.41) is 0. The van der Waals surface area contributed by atoms with Gasteiger partial charge in [-0.05, 0) is 46.2 Å². The van der Waals surface area contributed by atoms with E-state index >= 15 is 0 Å². The first-order valence-corrected chi connectivity index (χ1v) is 11.1. The average molecular weight is 403 g/mol. The highest BCUT2D eigenvalue weighted by molar-refractivity contribution is 7.91. The molecule has 0 amide bonds. The molecule has 1 aliphatic rings. The summed E-state index contributed by atoms with van der Waals surface area (Å²) in [5.74, 6) is 0.607. The van der Waals surface area contributed by atoms with Crippen LogP contribution in [0.15, 0.2) is 52.3 Å². The number of ether oxygens (including phenoxy) is 2. The zero-order valence-electron chi connectivity index (χ0n) is 17.6. The summed E-state index contributed by atoms with van der Waals surface area (Å²) < 4.78 is 37.8. The molecule has 1 atom stereocenters. The lowest BCUT2D eigenvalue weighted by Gasteiger charge is -2.23. The number of epoxide rings is 1. The fourth-order valence-electron chi connectivity index (χ4n) is 3.02. The Labute approximate surface area is 168 Å². The van der Waals surface area contributed by atoms with Crippen LogP contribution >= 0.6 is 0 Å². The van der Waals surface area contributed by atoms with Crippen LogP contribution in [-0.2, 0) is 25.4 Å². The van der Waals surface area contributed by atoms with Gasteiger partial charge in [0.2, 0.25) is 9.84 Å². The Morgan fingerprint density at radius 2 is 1.61 bits per heavy atom. The van der Waals surface area contributed by atoms with Crippen LogP contribution in [-0.4, -0.2) is 27.7 Å². The second-order valence-corrected chi connectivity index (χ2v) is 11.4. The molecular weight excluding hydrogens is 372 g/mol. The minimum Gasteiger partial charge on any atom is -0.490 e. The first kappa shape index (κ1) is 20.9. The third kappa shape index (κ3) is 4.58. The van der Waals surface area contributed by atoms with Gasteiger partial charge in [-0.2, -0.15) is 0 Å². The predicted octanol–water partition coefficient (Wildman–Crippen LogP) is 4.89. The monoisotopic (exact) mass is 402 g/mol. The molecule has 0 N–H and O–H groups in total. The Morgan fingerprint density at radius 1 is 0.964 bits per heavy atom. The molecule has 0 spiro atoms. The minimum atomic E-state index is -3.64. The average Bonchev–Trinajstić information content (AvgIpc) is 3.42. The Balaban J connectivity index is 2.03. The van der Waals surface area contributed by atoms with Crippen LogP contribution < -0.4 is 4.74 Å². The largest absolute Gasteiger partial charge is 0.490 e. The molecule has 2 aromatic rings. The van der Waals surface area contributed by atoms with Crippen molar-refractivity contribution >= 4 is 9.84 Å². The number of hydrogen-bond donors (Lipinski definition) is 0. The van der Waals surface area contributed by atoms with E-state index in [1.807, 2.05) is 12.1 Å². The SMILES string of the molecule is CC(C)(C)c1cccc(S(=O)(=O)c2ccc(C(C)(C)C)c(OCC3CO3)c2)c1. The Kier molecular flexibility index (Phi) is 5.36. The van der Waals surface area contributed by atoms with E-state index in [0.717, 1.165) is 11.1 Å². The molecule has 0 aliphatic carbocycles. The molecule has 5 heteroatoms. The van der Waals surface area contributed by atoms with Crippen molar-refractivity contribution in [2.45, 2.75) is 68.3 Å². The van der Waals surface area contributed by atoms with Gasteiger partial charge in [0.1, 0.15) is 18.5 Å². The van der Waals surface area contributed by atoms with E-state index in [1.54, 1.807) is 30.3 Å². The topological polar surface area (TPSA) is 55.9 Å². The highest BCUT2D eigenvalue weighted by Crippen LogP contribution is 2.35. The van der Waals surface area contributed by atoms with E-state index in [0.29, 0.717) is 23.9 Å². The first-order chi connectivity index (χ1) is 12.9. The summed E-state index contributed by atoms with van der Waals surface area (Å²) >= 11 is 0. The lowest BCUT2D eigenvalue weighted by Crippen LogP contribution is -2.16. The van der Waals surface area contributed by atoms with Gasteiger partial charge in [-0.1, -0.05) is 59.7 Å². The maximum atomic E-state index is 13.3. The van der Waals surface area contributed by atoms with Crippen molar-refractivity contribution in [1.29, 1.82) is 0 Å². The molecule has 28 heavy (non-hydrogen) atoms. The van der Waals surface area contributed by atoms with Gasteiger partial charge >= 0.3 is 0 Å². The molecule has 1 unspecified atom stereocenters. The summed E-state index contributed by atoms with van der Waals surface area (Å²) in [6.07, 6.45) is 0.108. The van der Waals surface area contributed by atoms with Crippen LogP contribution in [0.1, 0.15) is 52.7 Å². The van der Waals surface area contributed by atoms with Crippen molar-refractivity contribution in [2.24, 2.45) is 0 Å². The fourth-order valence-corrected chi connectivity index (χ4v) is 4.34. The van der Waals surface area contributed by atoms with Crippen molar-refractivity contribution in [3.63, 3.8) is 0 Å². The minimum absolute atomic E-state index is 0.108. The van der Waals surface area contributed by atoms with Crippen LogP contribution in [0.25, 0.3) is 0 Å². The Bertz CT molecular complexity index is 959. The van der Waals surface area contributed by atoms with Gasteiger partial charge < -0.3 is 9.47 Å². The fraction of sp³-hybridized carbons (Fsp3) is 0.478. The van der Waals surface area contributed by atoms with Gasteiger partial charge in [0, 0.05) is 0 Å². The van der Waals surface area contributed by atoms with Gasteiger partial charge in [0.25, 0.3) is 0 Å². The zero-order valence-corrected chi connectivity index (χ0v) is 18.4. The van der Waals surface area contributed by atoms with Crippen molar-refractivity contribution in [1.82, 2.24) is 0 Å². The Morgan fingerprint density at radius 3 is 2.18 bits per heavy atom. The summed E-state index contributed by atoms with van der Waals surface area (Å²) in [4.78, 5) is 0.554. The molecule has 1 saturated heterocycles. The van der Waals surface area contributed by atoms with Crippen molar-refractivity contribution in [3.05, 3.63) is 53.6 Å². The maximum Gasteiger partial charge on any atom is 0.206 e. The maximum absolute atomic E-state index is 13.3. The second-order valence-electron chi connectivity index (χ2n) is 9.46.